The number of halogens is 1. The smallest absolute Gasteiger partial charge is 0.310 e. The highest BCUT2D eigenvalue weighted by Gasteiger charge is 2.23. The Morgan fingerprint density at radius 2 is 2.16 bits per heavy atom. The summed E-state index contributed by atoms with van der Waals surface area (Å²) in [5.74, 6) is 0.635. The van der Waals surface area contributed by atoms with E-state index in [4.69, 9.17) is 16.3 Å². The van der Waals surface area contributed by atoms with Gasteiger partial charge in [-0.25, -0.2) is 0 Å². The minimum atomic E-state index is -0.538. The number of thioether (sulfide) groups is 1. The Morgan fingerprint density at radius 3 is 2.96 bits per heavy atom. The van der Waals surface area contributed by atoms with Gasteiger partial charge in [-0.05, 0) is 36.2 Å². The molecule has 3 rings (SSSR count). The summed E-state index contributed by atoms with van der Waals surface area (Å²) in [4.78, 5) is 23.7. The van der Waals surface area contributed by atoms with Crippen molar-refractivity contribution in [1.82, 2.24) is 5.32 Å². The second kappa shape index (κ2) is 7.76. The van der Waals surface area contributed by atoms with Crippen LogP contribution in [0.25, 0.3) is 0 Å². The highest BCUT2D eigenvalue weighted by atomic mass is 35.5. The first kappa shape index (κ1) is 17.6. The molecule has 8 heteroatoms. The van der Waals surface area contributed by atoms with Gasteiger partial charge in [0.1, 0.15) is 0 Å². The van der Waals surface area contributed by atoms with Crippen molar-refractivity contribution in [3.63, 3.8) is 0 Å². The van der Waals surface area contributed by atoms with Crippen LogP contribution in [0.3, 0.4) is 0 Å². The molecule has 2 aromatic carbocycles. The Balaban J connectivity index is 1.65. The van der Waals surface area contributed by atoms with Crippen LogP contribution < -0.4 is 10.1 Å². The van der Waals surface area contributed by atoms with Gasteiger partial charge < -0.3 is 10.1 Å². The van der Waals surface area contributed by atoms with E-state index >= 15 is 0 Å². The van der Waals surface area contributed by atoms with Crippen molar-refractivity contribution >= 4 is 35.0 Å². The van der Waals surface area contributed by atoms with Crippen molar-refractivity contribution in [2.24, 2.45) is 0 Å². The van der Waals surface area contributed by atoms with Crippen LogP contribution in [0.15, 0.2) is 47.4 Å². The molecule has 1 aliphatic rings. The van der Waals surface area contributed by atoms with Crippen molar-refractivity contribution in [2.75, 3.05) is 12.4 Å². The van der Waals surface area contributed by atoms with Crippen molar-refractivity contribution in [1.29, 1.82) is 0 Å². The molecule has 1 N–H and O–H groups in total. The van der Waals surface area contributed by atoms with Gasteiger partial charge in [-0.1, -0.05) is 23.7 Å². The summed E-state index contributed by atoms with van der Waals surface area (Å²) in [6, 6.07) is 11.5. The van der Waals surface area contributed by atoms with Crippen LogP contribution >= 0.6 is 23.4 Å². The van der Waals surface area contributed by atoms with E-state index in [1.54, 1.807) is 23.9 Å². The van der Waals surface area contributed by atoms with Crippen molar-refractivity contribution < 1.29 is 14.5 Å². The SMILES string of the molecule is O=C(COc1ccccc1[N+](=O)[O-])NC1CCSc2ccc(Cl)cc21. The van der Waals surface area contributed by atoms with Crippen LogP contribution in [-0.2, 0) is 4.79 Å². The topological polar surface area (TPSA) is 81.5 Å². The zero-order valence-corrected chi connectivity index (χ0v) is 14.7. The van der Waals surface area contributed by atoms with Gasteiger partial charge in [-0.2, -0.15) is 0 Å². The predicted octanol–water partition coefficient (Wildman–Crippen LogP) is 3.98. The molecule has 1 amide bonds. The molecular formula is C17H15ClN2O4S. The Kier molecular flexibility index (Phi) is 5.45. The number of carbonyl (C=O) groups excluding carboxylic acids is 1. The van der Waals surface area contributed by atoms with Crippen LogP contribution in [0.4, 0.5) is 5.69 Å². The average Bonchev–Trinajstić information content (AvgIpc) is 2.60. The fraction of sp³-hybridized carbons (Fsp3) is 0.235. The lowest BCUT2D eigenvalue weighted by molar-refractivity contribution is -0.385. The molecule has 0 aromatic heterocycles. The molecule has 6 nitrogen and oxygen atoms in total. The van der Waals surface area contributed by atoms with E-state index in [1.165, 1.54) is 12.1 Å². The number of ether oxygens (including phenoxy) is 1. The molecule has 1 aliphatic heterocycles. The summed E-state index contributed by atoms with van der Waals surface area (Å²) in [7, 11) is 0. The lowest BCUT2D eigenvalue weighted by Crippen LogP contribution is -2.34. The minimum absolute atomic E-state index is 0.0743. The number of rotatable bonds is 5. The van der Waals surface area contributed by atoms with Gasteiger partial charge >= 0.3 is 5.69 Å². The van der Waals surface area contributed by atoms with E-state index in [-0.39, 0.29) is 30.0 Å². The highest BCUT2D eigenvalue weighted by molar-refractivity contribution is 7.99. The number of benzene rings is 2. The monoisotopic (exact) mass is 378 g/mol. The van der Waals surface area contributed by atoms with E-state index in [0.717, 1.165) is 22.6 Å². The molecule has 130 valence electrons. The fourth-order valence-electron chi connectivity index (χ4n) is 2.62. The summed E-state index contributed by atoms with van der Waals surface area (Å²) in [6.07, 6.45) is 0.787. The Labute approximate surface area is 153 Å². The molecule has 0 aliphatic carbocycles. The number of nitrogens with one attached hydrogen (secondary N) is 1. The van der Waals surface area contributed by atoms with E-state index in [2.05, 4.69) is 5.32 Å². The average molecular weight is 379 g/mol. The maximum absolute atomic E-state index is 12.2. The van der Waals surface area contributed by atoms with Crippen LogP contribution in [0.5, 0.6) is 5.75 Å². The van der Waals surface area contributed by atoms with E-state index in [0.29, 0.717) is 5.02 Å². The summed E-state index contributed by atoms with van der Waals surface area (Å²) in [5, 5.41) is 14.5. The number of nitro benzene ring substituents is 1. The molecule has 0 saturated heterocycles. The van der Waals surface area contributed by atoms with Crippen molar-refractivity contribution in [2.45, 2.75) is 17.4 Å². The molecule has 1 heterocycles. The van der Waals surface area contributed by atoms with Gasteiger partial charge in [0.15, 0.2) is 12.4 Å². The number of hydrogen-bond donors (Lipinski definition) is 1. The van der Waals surface area contributed by atoms with Gasteiger partial charge in [-0.15, -0.1) is 11.8 Å². The summed E-state index contributed by atoms with van der Waals surface area (Å²) in [5.41, 5.74) is 0.823. The standard InChI is InChI=1S/C17H15ClN2O4S/c18-11-5-6-16-12(9-11)13(7-8-25-16)19-17(21)10-24-15-4-2-1-3-14(15)20(22)23/h1-6,9,13H,7-8,10H2,(H,19,21). The number of nitrogens with zero attached hydrogens (tertiary/aromatic N) is 1. The molecule has 0 bridgehead atoms. The third-order valence-electron chi connectivity index (χ3n) is 3.77. The molecule has 0 fully saturated rings. The fourth-order valence-corrected chi connectivity index (χ4v) is 3.91. The quantitative estimate of drug-likeness (QED) is 0.628. The molecule has 0 radical (unpaired) electrons. The molecule has 0 saturated carbocycles. The first-order valence-corrected chi connectivity index (χ1v) is 8.99. The van der Waals surface area contributed by atoms with E-state index in [9.17, 15) is 14.9 Å². The first-order chi connectivity index (χ1) is 12.0. The van der Waals surface area contributed by atoms with E-state index in [1.807, 2.05) is 18.2 Å². The van der Waals surface area contributed by atoms with Crippen molar-refractivity contribution in [3.8, 4) is 5.75 Å². The van der Waals surface area contributed by atoms with Gasteiger partial charge in [0, 0.05) is 21.7 Å². The third-order valence-corrected chi connectivity index (χ3v) is 5.12. The lowest BCUT2D eigenvalue weighted by atomic mass is 10.0. The number of nitro groups is 1. The van der Waals surface area contributed by atoms with Crippen molar-refractivity contribution in [3.05, 3.63) is 63.2 Å². The van der Waals surface area contributed by atoms with Crippen LogP contribution in [0.1, 0.15) is 18.0 Å². The molecule has 25 heavy (non-hydrogen) atoms. The maximum atomic E-state index is 12.2. The zero-order chi connectivity index (χ0) is 17.8. The number of fused-ring (bicyclic) bond motifs is 1. The van der Waals surface area contributed by atoms with Crippen LogP contribution in [0, 0.1) is 10.1 Å². The van der Waals surface area contributed by atoms with Crippen LogP contribution in [-0.4, -0.2) is 23.2 Å². The zero-order valence-electron chi connectivity index (χ0n) is 13.1. The number of amides is 1. The lowest BCUT2D eigenvalue weighted by Gasteiger charge is -2.26. The second-order valence-electron chi connectivity index (χ2n) is 5.45. The highest BCUT2D eigenvalue weighted by Crippen LogP contribution is 2.37. The molecular weight excluding hydrogens is 364 g/mol. The van der Waals surface area contributed by atoms with Gasteiger partial charge in [0.25, 0.3) is 5.91 Å². The van der Waals surface area contributed by atoms with Gasteiger partial charge in [-0.3, -0.25) is 14.9 Å². The molecule has 2 aromatic rings. The van der Waals surface area contributed by atoms with E-state index < -0.39 is 4.92 Å². The Bertz CT molecular complexity index is 815. The predicted molar refractivity (Wildman–Crippen MR) is 96.3 cm³/mol. The summed E-state index contributed by atoms with van der Waals surface area (Å²) < 4.78 is 5.33. The third kappa shape index (κ3) is 4.24. The summed E-state index contributed by atoms with van der Waals surface area (Å²) >= 11 is 7.78. The summed E-state index contributed by atoms with van der Waals surface area (Å²) in [6.45, 7) is -0.287. The second-order valence-corrected chi connectivity index (χ2v) is 7.03. The first-order valence-electron chi connectivity index (χ1n) is 7.62. The maximum Gasteiger partial charge on any atom is 0.310 e. The number of hydrogen-bond acceptors (Lipinski definition) is 5. The van der Waals surface area contributed by atoms with Gasteiger partial charge in [0.2, 0.25) is 0 Å². The molecule has 1 unspecified atom stereocenters. The molecule has 0 spiro atoms. The minimum Gasteiger partial charge on any atom is -0.477 e. The Morgan fingerprint density at radius 1 is 1.36 bits per heavy atom. The number of carbonyl (C=O) groups is 1. The van der Waals surface area contributed by atoms with Crippen LogP contribution in [0.2, 0.25) is 5.02 Å². The number of para-hydroxylation sites is 2. The van der Waals surface area contributed by atoms with Gasteiger partial charge in [0.05, 0.1) is 11.0 Å². The Hall–Kier alpha value is -2.25. The normalized spacial score (nSPS) is 16.0. The molecule has 1 atom stereocenters. The largest absolute Gasteiger partial charge is 0.477 e.